The minimum Gasteiger partial charge on any atom is -0.476 e. The average Bonchev–Trinajstić information content (AvgIpc) is 2.00. The minimum absolute atomic E-state index is 0. The summed E-state index contributed by atoms with van der Waals surface area (Å²) >= 11 is 0. The van der Waals surface area contributed by atoms with E-state index in [0.29, 0.717) is 0 Å². The number of nitrogens with zero attached hydrogens (tertiary/aromatic N) is 2. The molecule has 0 bridgehead atoms. The zero-order valence-corrected chi connectivity index (χ0v) is 12.1. The van der Waals surface area contributed by atoms with Crippen LogP contribution in [0.25, 0.3) is 0 Å². The fourth-order valence-electron chi connectivity index (χ4n) is 0.151. The van der Waals surface area contributed by atoms with E-state index in [1.165, 1.54) is 6.92 Å². The number of ketones is 1. The maximum absolute atomic E-state index is 9.91. The molecule has 0 saturated carbocycles. The first kappa shape index (κ1) is 24.5. The van der Waals surface area contributed by atoms with Crippen LogP contribution in [0.4, 0.5) is 0 Å². The Morgan fingerprint density at radius 2 is 1.12 bits per heavy atom. The molecule has 0 fully saturated rings. The third-order valence-electron chi connectivity index (χ3n) is 0.560. The van der Waals surface area contributed by atoms with Crippen molar-refractivity contribution in [2.24, 2.45) is 0 Å². The lowest BCUT2D eigenvalue weighted by Crippen LogP contribution is -2.09. The van der Waals surface area contributed by atoms with Gasteiger partial charge in [-0.05, 0) is 42.3 Å². The van der Waals surface area contributed by atoms with Crippen molar-refractivity contribution < 1.29 is 14.7 Å². The van der Waals surface area contributed by atoms with Crippen LogP contribution >= 0.6 is 12.4 Å². The van der Waals surface area contributed by atoms with Gasteiger partial charge in [0.2, 0.25) is 5.78 Å². The van der Waals surface area contributed by atoms with Gasteiger partial charge in [-0.2, -0.15) is 0 Å². The van der Waals surface area contributed by atoms with Gasteiger partial charge >= 0.3 is 5.97 Å². The number of hydrogen-bond acceptors (Lipinski definition) is 4. The first-order valence-corrected chi connectivity index (χ1v) is 4.63. The summed E-state index contributed by atoms with van der Waals surface area (Å²) in [5.74, 6) is -2.08. The van der Waals surface area contributed by atoms with Gasteiger partial charge in [-0.25, -0.2) is 4.79 Å². The van der Waals surface area contributed by atoms with Crippen LogP contribution in [-0.4, -0.2) is 68.9 Å². The van der Waals surface area contributed by atoms with Gasteiger partial charge in [-0.3, -0.25) is 4.79 Å². The topological polar surface area (TPSA) is 60.9 Å². The van der Waals surface area contributed by atoms with Crippen LogP contribution in [0.3, 0.4) is 0 Å². The number of aliphatic carboxylic acids is 1. The predicted molar refractivity (Wildman–Crippen MR) is 69.4 cm³/mol. The van der Waals surface area contributed by atoms with Gasteiger partial charge < -0.3 is 14.9 Å². The molecule has 6 heteroatoms. The Morgan fingerprint density at radius 3 is 1.12 bits per heavy atom. The lowest BCUT2D eigenvalue weighted by molar-refractivity contribution is -0.148. The number of halogens is 1. The number of carbonyl (C=O) groups is 2. The summed E-state index contributed by atoms with van der Waals surface area (Å²) in [5, 5.41) is 7.83. The molecule has 16 heavy (non-hydrogen) atoms. The summed E-state index contributed by atoms with van der Waals surface area (Å²) < 4.78 is 0. The van der Waals surface area contributed by atoms with Crippen LogP contribution in [0, 0.1) is 0 Å². The Labute approximate surface area is 105 Å². The average molecular weight is 257 g/mol. The highest BCUT2D eigenvalue weighted by Crippen LogP contribution is 1.76. The van der Waals surface area contributed by atoms with Gasteiger partial charge in [0.1, 0.15) is 0 Å². The molecule has 100 valence electrons. The van der Waals surface area contributed by atoms with Gasteiger partial charge in [-0.15, -0.1) is 12.4 Å². The van der Waals surface area contributed by atoms with E-state index < -0.39 is 11.8 Å². The Balaban J connectivity index is -0.0000000700. The second-order valence-electron chi connectivity index (χ2n) is 3.77. The van der Waals surface area contributed by atoms with Gasteiger partial charge in [0.25, 0.3) is 0 Å². The van der Waals surface area contributed by atoms with Crippen LogP contribution in [-0.2, 0) is 9.59 Å². The van der Waals surface area contributed by atoms with Crippen molar-refractivity contribution in [3.63, 3.8) is 0 Å². The highest BCUT2D eigenvalue weighted by molar-refractivity contribution is 6.32. The quantitative estimate of drug-likeness (QED) is 0.742. The number of Topliss-reactive ketones (excluding diaryl/α,β-unsaturated/α-hetero) is 1. The van der Waals surface area contributed by atoms with Crippen LogP contribution < -0.4 is 0 Å². The molecule has 0 aliphatic heterocycles. The van der Waals surface area contributed by atoms with E-state index in [1.807, 2.05) is 52.1 Å². The standard InChI is InChI=1S/C4H6O3.2C3H9N.ClH/c1-2-3(5)4(6)7;2*1-4(2)3;/h2H2,1H3,(H,6,7);2*1-3H3;1H. The fraction of sp³-hybridized carbons (Fsp3) is 0.800. The van der Waals surface area contributed by atoms with E-state index in [0.717, 1.165) is 0 Å². The van der Waals surface area contributed by atoms with Crippen molar-refractivity contribution in [1.82, 2.24) is 9.80 Å². The van der Waals surface area contributed by atoms with Crippen LogP contribution in [0.15, 0.2) is 0 Å². The number of carboxylic acids is 1. The molecule has 0 saturated heterocycles. The summed E-state index contributed by atoms with van der Waals surface area (Å²) in [5.41, 5.74) is 0. The highest BCUT2D eigenvalue weighted by Gasteiger charge is 2.05. The van der Waals surface area contributed by atoms with Crippen molar-refractivity contribution in [3.05, 3.63) is 0 Å². The lowest BCUT2D eigenvalue weighted by Gasteiger charge is -1.90. The van der Waals surface area contributed by atoms with Crippen molar-refractivity contribution in [2.75, 3.05) is 42.3 Å². The maximum atomic E-state index is 9.91. The molecule has 0 atom stereocenters. The summed E-state index contributed by atoms with van der Waals surface area (Å²) in [4.78, 5) is 23.5. The first-order chi connectivity index (χ1) is 6.64. The third kappa shape index (κ3) is 71.1. The second-order valence-corrected chi connectivity index (χ2v) is 3.77. The normalized spacial score (nSPS) is 8.06. The van der Waals surface area contributed by atoms with E-state index >= 15 is 0 Å². The lowest BCUT2D eigenvalue weighted by atomic mass is 10.3. The number of rotatable bonds is 2. The molecule has 0 amide bonds. The summed E-state index contributed by atoms with van der Waals surface area (Å²) in [6, 6.07) is 0. The molecule has 0 aliphatic rings. The van der Waals surface area contributed by atoms with E-state index in [4.69, 9.17) is 5.11 Å². The summed E-state index contributed by atoms with van der Waals surface area (Å²) in [6.07, 6.45) is 0.0787. The molecule has 0 aromatic heterocycles. The Kier molecular flexibility index (Phi) is 25.7. The maximum Gasteiger partial charge on any atom is 0.372 e. The molecule has 0 aromatic carbocycles. The first-order valence-electron chi connectivity index (χ1n) is 4.63. The van der Waals surface area contributed by atoms with Crippen molar-refractivity contribution in [3.8, 4) is 0 Å². The van der Waals surface area contributed by atoms with Crippen LogP contribution in [0.2, 0.25) is 0 Å². The molecular weight excluding hydrogens is 232 g/mol. The molecule has 0 heterocycles. The van der Waals surface area contributed by atoms with Crippen molar-refractivity contribution in [2.45, 2.75) is 13.3 Å². The third-order valence-corrected chi connectivity index (χ3v) is 0.560. The zero-order chi connectivity index (χ0) is 13.0. The number of carboxylic acid groups (broad SMARTS) is 1. The second kappa shape index (κ2) is 16.8. The molecule has 0 radical (unpaired) electrons. The number of hydrogen-bond donors (Lipinski definition) is 1. The Bertz CT molecular complexity index is 162. The zero-order valence-electron chi connectivity index (χ0n) is 11.3. The van der Waals surface area contributed by atoms with Crippen molar-refractivity contribution >= 4 is 24.2 Å². The molecule has 0 spiro atoms. The van der Waals surface area contributed by atoms with E-state index in [1.54, 1.807) is 0 Å². The van der Waals surface area contributed by atoms with Gasteiger partial charge in [0.05, 0.1) is 0 Å². The fourth-order valence-corrected chi connectivity index (χ4v) is 0.151. The minimum atomic E-state index is -1.34. The monoisotopic (exact) mass is 256 g/mol. The molecular formula is C10H25ClN2O3. The molecule has 0 unspecified atom stereocenters. The largest absolute Gasteiger partial charge is 0.476 e. The van der Waals surface area contributed by atoms with Crippen molar-refractivity contribution in [1.29, 1.82) is 0 Å². The molecule has 0 aromatic rings. The van der Waals surface area contributed by atoms with Crippen LogP contribution in [0.1, 0.15) is 13.3 Å². The SMILES string of the molecule is CCC(=O)C(=O)O.CN(C)C.CN(C)C.Cl. The van der Waals surface area contributed by atoms with E-state index in [9.17, 15) is 9.59 Å². The molecule has 0 rings (SSSR count). The van der Waals surface area contributed by atoms with Crippen LogP contribution in [0.5, 0.6) is 0 Å². The highest BCUT2D eigenvalue weighted by atomic mass is 35.5. The van der Waals surface area contributed by atoms with Gasteiger partial charge in [0, 0.05) is 6.42 Å². The Morgan fingerprint density at radius 1 is 0.938 bits per heavy atom. The van der Waals surface area contributed by atoms with E-state index in [-0.39, 0.29) is 18.8 Å². The van der Waals surface area contributed by atoms with E-state index in [2.05, 4.69) is 0 Å². The molecule has 0 aliphatic carbocycles. The predicted octanol–water partition coefficient (Wildman–Crippen LogP) is 0.827. The van der Waals surface area contributed by atoms with Gasteiger partial charge in [-0.1, -0.05) is 6.92 Å². The molecule has 5 nitrogen and oxygen atoms in total. The number of carbonyl (C=O) groups excluding carboxylic acids is 1. The smallest absolute Gasteiger partial charge is 0.372 e. The molecule has 1 N–H and O–H groups in total. The summed E-state index contributed by atoms with van der Waals surface area (Å²) in [7, 11) is 12.0. The Hall–Kier alpha value is -0.650. The summed E-state index contributed by atoms with van der Waals surface area (Å²) in [6.45, 7) is 1.51. The van der Waals surface area contributed by atoms with Gasteiger partial charge in [0.15, 0.2) is 0 Å².